The summed E-state index contributed by atoms with van der Waals surface area (Å²) in [5.74, 6) is 0. The smallest absolute Gasteiger partial charge is 0.147 e. The Morgan fingerprint density at radius 2 is 1.03 bits per heavy atom. The third-order valence-corrected chi connectivity index (χ3v) is 16.0. The number of hydrogen-bond acceptors (Lipinski definition) is 6. The summed E-state index contributed by atoms with van der Waals surface area (Å²) < 4.78 is 2.50. The van der Waals surface area contributed by atoms with Gasteiger partial charge in [-0.05, 0) is 73.0 Å². The third kappa shape index (κ3) is 9.18. The summed E-state index contributed by atoms with van der Waals surface area (Å²) in [5, 5.41) is 0. The Kier molecular flexibility index (Phi) is 14.2. The van der Waals surface area contributed by atoms with E-state index in [0.717, 1.165) is 21.7 Å². The van der Waals surface area contributed by atoms with Crippen LogP contribution in [-0.2, 0) is 0 Å². The van der Waals surface area contributed by atoms with Crippen molar-refractivity contribution in [2.24, 2.45) is 0 Å². The van der Waals surface area contributed by atoms with E-state index in [1.165, 1.54) is 109 Å². The van der Waals surface area contributed by atoms with Gasteiger partial charge in [0, 0.05) is 25.2 Å². The van der Waals surface area contributed by atoms with Crippen LogP contribution in [0.4, 0.5) is 0 Å². The van der Waals surface area contributed by atoms with Crippen LogP contribution < -0.4 is 0 Å². The molecule has 0 atom stereocenters. The van der Waals surface area contributed by atoms with Gasteiger partial charge in [-0.1, -0.05) is 118 Å². The van der Waals surface area contributed by atoms with E-state index >= 15 is 0 Å². The Bertz CT molecular complexity index is 566. The minimum absolute atomic E-state index is 0.233. The lowest BCUT2D eigenvalue weighted by molar-refractivity contribution is 0.251. The first-order valence-electron chi connectivity index (χ1n) is 13.9. The second kappa shape index (κ2) is 16.2. The fraction of sp³-hybridized carbons (Fsp3) is 0.923. The van der Waals surface area contributed by atoms with Crippen molar-refractivity contribution >= 4 is 76.3 Å². The highest BCUT2D eigenvalue weighted by Gasteiger charge is 2.37. The highest BCUT2D eigenvalue weighted by atomic mass is 33.1. The topological polar surface area (TPSA) is 6.48 Å². The van der Waals surface area contributed by atoms with Crippen molar-refractivity contribution in [3.05, 3.63) is 0 Å². The summed E-state index contributed by atoms with van der Waals surface area (Å²) in [5.41, 5.74) is 0. The molecule has 3 saturated carbocycles. The van der Waals surface area contributed by atoms with Crippen molar-refractivity contribution in [2.45, 2.75) is 139 Å². The summed E-state index contributed by atoms with van der Waals surface area (Å²) in [7, 11) is 7.95. The first kappa shape index (κ1) is 29.7. The third-order valence-electron chi connectivity index (χ3n) is 7.57. The average Bonchev–Trinajstić information content (AvgIpc) is 2.89. The Balaban J connectivity index is 1.58. The minimum atomic E-state index is 0.233. The van der Waals surface area contributed by atoms with Gasteiger partial charge in [-0.15, -0.1) is 0 Å². The molecule has 3 aliphatic rings. The molecule has 0 spiro atoms. The first-order valence-corrected chi connectivity index (χ1v) is 19.0. The van der Waals surface area contributed by atoms with Crippen molar-refractivity contribution in [1.29, 1.82) is 0 Å². The fourth-order valence-electron chi connectivity index (χ4n) is 5.70. The van der Waals surface area contributed by atoms with Crippen LogP contribution in [-0.4, -0.2) is 47.7 Å². The van der Waals surface area contributed by atoms with Crippen molar-refractivity contribution in [3.63, 3.8) is 0 Å². The quantitative estimate of drug-likeness (QED) is 0.142. The standard InChI is InChI=1S/C26H46N2S6/c1-3-20-27(22-14-8-5-9-15-22)24(29)31-33-26(18-12-7-13-19-26)34-32-25(30)28(21-4-2)23-16-10-6-11-17-23/h22-23H,3-21H2,1-2H3. The van der Waals surface area contributed by atoms with Crippen molar-refractivity contribution < 1.29 is 0 Å². The van der Waals surface area contributed by atoms with Crippen LogP contribution >= 0.6 is 67.6 Å². The molecular formula is C26H46N2S6. The Morgan fingerprint density at radius 1 is 0.647 bits per heavy atom. The SMILES string of the molecule is CCCN(C(=S)SSC1(SSC(=S)N(CCC)C2CCCCC2)CCCCC1)C1CCCCC1. The van der Waals surface area contributed by atoms with Gasteiger partial charge in [0.25, 0.3) is 0 Å². The molecule has 3 rings (SSSR count). The van der Waals surface area contributed by atoms with Gasteiger partial charge in [0.2, 0.25) is 0 Å². The molecule has 0 amide bonds. The summed E-state index contributed by atoms with van der Waals surface area (Å²) in [6, 6.07) is 1.34. The largest absolute Gasteiger partial charge is 0.354 e. The molecule has 0 aromatic heterocycles. The molecule has 0 radical (unpaired) electrons. The Labute approximate surface area is 236 Å². The zero-order valence-corrected chi connectivity index (χ0v) is 26.3. The maximum atomic E-state index is 6.05. The predicted octanol–water partition coefficient (Wildman–Crippen LogP) is 10.1. The van der Waals surface area contributed by atoms with Crippen LogP contribution in [0.3, 0.4) is 0 Å². The molecule has 3 fully saturated rings. The summed E-state index contributed by atoms with van der Waals surface area (Å²) in [6.07, 6.45) is 22.5. The van der Waals surface area contributed by atoms with Crippen LogP contribution in [0.2, 0.25) is 0 Å². The molecule has 0 aromatic rings. The molecule has 2 nitrogen and oxygen atoms in total. The van der Waals surface area contributed by atoms with E-state index in [2.05, 4.69) is 45.2 Å². The molecule has 0 unspecified atom stereocenters. The van der Waals surface area contributed by atoms with Crippen molar-refractivity contribution in [2.75, 3.05) is 13.1 Å². The van der Waals surface area contributed by atoms with Gasteiger partial charge in [-0.2, -0.15) is 0 Å². The van der Waals surface area contributed by atoms with Gasteiger partial charge in [0.05, 0.1) is 4.08 Å². The first-order chi connectivity index (χ1) is 16.6. The molecular weight excluding hydrogens is 533 g/mol. The maximum Gasteiger partial charge on any atom is 0.147 e. The number of rotatable bonds is 10. The zero-order chi connectivity index (χ0) is 24.2. The molecule has 0 aliphatic heterocycles. The molecule has 34 heavy (non-hydrogen) atoms. The second-order valence-corrected chi connectivity index (χ2v) is 16.9. The molecule has 196 valence electrons. The maximum absolute atomic E-state index is 6.05. The van der Waals surface area contributed by atoms with Gasteiger partial charge in [-0.3, -0.25) is 0 Å². The molecule has 0 aromatic carbocycles. The second-order valence-electron chi connectivity index (χ2n) is 10.3. The van der Waals surface area contributed by atoms with Crippen molar-refractivity contribution in [1.82, 2.24) is 9.80 Å². The van der Waals surface area contributed by atoms with Gasteiger partial charge in [-0.25, -0.2) is 0 Å². The van der Waals surface area contributed by atoms with E-state index in [-0.39, 0.29) is 4.08 Å². The Hall–Kier alpha value is 1.18. The lowest BCUT2D eigenvalue weighted by Gasteiger charge is -2.39. The molecule has 0 N–H and O–H groups in total. The average molecular weight is 579 g/mol. The molecule has 8 heteroatoms. The Morgan fingerprint density at radius 3 is 1.41 bits per heavy atom. The van der Waals surface area contributed by atoms with Crippen LogP contribution in [0, 0.1) is 0 Å². The van der Waals surface area contributed by atoms with E-state index < -0.39 is 0 Å². The molecule has 0 saturated heterocycles. The normalized spacial score (nSPS) is 21.8. The van der Waals surface area contributed by atoms with Crippen LogP contribution in [0.15, 0.2) is 0 Å². The van der Waals surface area contributed by atoms with E-state index in [1.54, 1.807) is 0 Å². The highest BCUT2D eigenvalue weighted by molar-refractivity contribution is 8.91. The van der Waals surface area contributed by atoms with Gasteiger partial charge in [0.15, 0.2) is 0 Å². The summed E-state index contributed by atoms with van der Waals surface area (Å²) >= 11 is 12.1. The van der Waals surface area contributed by atoms with Gasteiger partial charge >= 0.3 is 0 Å². The van der Waals surface area contributed by atoms with E-state index in [1.807, 2.05) is 21.6 Å². The zero-order valence-electron chi connectivity index (χ0n) is 21.4. The van der Waals surface area contributed by atoms with Crippen LogP contribution in [0.1, 0.15) is 123 Å². The van der Waals surface area contributed by atoms with E-state index in [9.17, 15) is 0 Å². The molecule has 0 heterocycles. The number of hydrogen-bond donors (Lipinski definition) is 0. The van der Waals surface area contributed by atoms with E-state index in [4.69, 9.17) is 24.4 Å². The van der Waals surface area contributed by atoms with Crippen molar-refractivity contribution in [3.8, 4) is 0 Å². The van der Waals surface area contributed by atoms with E-state index in [0.29, 0.717) is 12.1 Å². The lowest BCUT2D eigenvalue weighted by Crippen LogP contribution is -2.40. The van der Waals surface area contributed by atoms with Gasteiger partial charge in [0.1, 0.15) is 8.64 Å². The lowest BCUT2D eigenvalue weighted by atomic mass is 9.94. The minimum Gasteiger partial charge on any atom is -0.354 e. The van der Waals surface area contributed by atoms with Crippen LogP contribution in [0.5, 0.6) is 0 Å². The fourth-order valence-corrected chi connectivity index (χ4v) is 13.5. The predicted molar refractivity (Wildman–Crippen MR) is 169 cm³/mol. The number of nitrogens with zero attached hydrogens (tertiary/aromatic N) is 2. The molecule has 0 bridgehead atoms. The monoisotopic (exact) mass is 578 g/mol. The van der Waals surface area contributed by atoms with Crippen LogP contribution in [0.25, 0.3) is 0 Å². The molecule has 3 aliphatic carbocycles. The summed E-state index contributed by atoms with van der Waals surface area (Å²) in [6.45, 7) is 6.81. The number of thiocarbonyl (C=S) groups is 2. The highest BCUT2D eigenvalue weighted by Crippen LogP contribution is 2.57. The van der Waals surface area contributed by atoms with Gasteiger partial charge < -0.3 is 9.80 Å². The summed E-state index contributed by atoms with van der Waals surface area (Å²) in [4.78, 5) is 5.16.